The molecule has 1 aliphatic rings. The highest BCUT2D eigenvalue weighted by molar-refractivity contribution is 6.30. The van der Waals surface area contributed by atoms with Gasteiger partial charge in [0.25, 0.3) is 0 Å². The Labute approximate surface area is 170 Å². The second kappa shape index (κ2) is 8.29. The number of hydrogen-bond donors (Lipinski definition) is 2. The maximum Gasteiger partial charge on any atom is 0.154 e. The van der Waals surface area contributed by atoms with Gasteiger partial charge in [-0.25, -0.2) is 9.97 Å². The molecule has 4 nitrogen and oxygen atoms in total. The molecule has 5 heteroatoms. The maximum atomic E-state index is 6.36. The van der Waals surface area contributed by atoms with E-state index in [1.807, 2.05) is 36.4 Å². The SMILES string of the molecule is Cc1ccc2nc(/C=C/c3ccc(Cl)cc3)nc(N[C@H]3CCCC[C@H]3N)c2c1. The fourth-order valence-corrected chi connectivity index (χ4v) is 3.83. The molecule has 0 bridgehead atoms. The van der Waals surface area contributed by atoms with E-state index in [0.717, 1.165) is 40.1 Å². The molecule has 0 spiro atoms. The van der Waals surface area contributed by atoms with Crippen LogP contribution in [0.15, 0.2) is 42.5 Å². The van der Waals surface area contributed by atoms with Gasteiger partial charge in [-0.15, -0.1) is 0 Å². The molecule has 0 saturated heterocycles. The summed E-state index contributed by atoms with van der Waals surface area (Å²) in [5.74, 6) is 1.55. The molecule has 0 radical (unpaired) electrons. The lowest BCUT2D eigenvalue weighted by atomic mass is 9.91. The zero-order chi connectivity index (χ0) is 19.5. The molecule has 0 amide bonds. The second-order valence-electron chi connectivity index (χ2n) is 7.54. The topological polar surface area (TPSA) is 63.8 Å². The lowest BCUT2D eigenvalue weighted by Crippen LogP contribution is -2.42. The summed E-state index contributed by atoms with van der Waals surface area (Å²) < 4.78 is 0. The number of fused-ring (bicyclic) bond motifs is 1. The van der Waals surface area contributed by atoms with Crippen LogP contribution in [0.5, 0.6) is 0 Å². The summed E-state index contributed by atoms with van der Waals surface area (Å²) >= 11 is 5.96. The highest BCUT2D eigenvalue weighted by Gasteiger charge is 2.22. The summed E-state index contributed by atoms with van der Waals surface area (Å²) in [6, 6.07) is 14.4. The van der Waals surface area contributed by atoms with Crippen molar-refractivity contribution in [2.75, 3.05) is 5.32 Å². The number of aromatic nitrogens is 2. The van der Waals surface area contributed by atoms with Crippen LogP contribution >= 0.6 is 11.6 Å². The van der Waals surface area contributed by atoms with E-state index in [1.165, 1.54) is 18.4 Å². The van der Waals surface area contributed by atoms with Crippen molar-refractivity contribution in [3.63, 3.8) is 0 Å². The summed E-state index contributed by atoms with van der Waals surface area (Å²) in [5, 5.41) is 5.39. The average Bonchev–Trinajstić information content (AvgIpc) is 2.70. The predicted octanol–water partition coefficient (Wildman–Crippen LogP) is 5.44. The molecule has 0 aliphatic heterocycles. The molecule has 144 valence electrons. The predicted molar refractivity (Wildman–Crippen MR) is 119 cm³/mol. The highest BCUT2D eigenvalue weighted by Crippen LogP contribution is 2.26. The molecule has 1 fully saturated rings. The lowest BCUT2D eigenvalue weighted by molar-refractivity contribution is 0.403. The van der Waals surface area contributed by atoms with Gasteiger partial charge in [0.1, 0.15) is 5.82 Å². The largest absolute Gasteiger partial charge is 0.365 e. The van der Waals surface area contributed by atoms with Crippen LogP contribution in [0.1, 0.15) is 42.6 Å². The second-order valence-corrected chi connectivity index (χ2v) is 7.97. The summed E-state index contributed by atoms with van der Waals surface area (Å²) in [5.41, 5.74) is 9.54. The lowest BCUT2D eigenvalue weighted by Gasteiger charge is -2.30. The Morgan fingerprint density at radius 3 is 2.61 bits per heavy atom. The Bertz CT molecular complexity index is 997. The highest BCUT2D eigenvalue weighted by atomic mass is 35.5. The van der Waals surface area contributed by atoms with Crippen LogP contribution < -0.4 is 11.1 Å². The van der Waals surface area contributed by atoms with Crippen molar-refractivity contribution in [3.8, 4) is 0 Å². The van der Waals surface area contributed by atoms with E-state index in [2.05, 4.69) is 30.4 Å². The molecule has 3 aromatic rings. The quantitative estimate of drug-likeness (QED) is 0.620. The van der Waals surface area contributed by atoms with Gasteiger partial charge in [-0.05, 0) is 55.7 Å². The van der Waals surface area contributed by atoms with Crippen molar-refractivity contribution >= 4 is 40.5 Å². The van der Waals surface area contributed by atoms with E-state index in [1.54, 1.807) is 0 Å². The molecule has 28 heavy (non-hydrogen) atoms. The molecule has 3 N–H and O–H groups in total. The van der Waals surface area contributed by atoms with Gasteiger partial charge in [0.15, 0.2) is 5.82 Å². The standard InChI is InChI=1S/C23H25ClN4/c1-15-6-12-20-18(14-15)23(27-21-5-3-2-4-19(21)25)28-22(26-20)13-9-16-7-10-17(24)11-8-16/h6-14,19,21H,2-5,25H2,1H3,(H,26,27,28)/b13-9+/t19-,21+/m1/s1. The van der Waals surface area contributed by atoms with E-state index in [-0.39, 0.29) is 12.1 Å². The summed E-state index contributed by atoms with van der Waals surface area (Å²) in [6.07, 6.45) is 8.49. The fourth-order valence-electron chi connectivity index (χ4n) is 3.70. The van der Waals surface area contributed by atoms with Crippen molar-refractivity contribution in [2.45, 2.75) is 44.7 Å². The fraction of sp³-hybridized carbons (Fsp3) is 0.304. The first-order valence-corrected chi connectivity index (χ1v) is 10.2. The zero-order valence-corrected chi connectivity index (χ0v) is 16.8. The molecular weight excluding hydrogens is 368 g/mol. The summed E-state index contributed by atoms with van der Waals surface area (Å²) in [6.45, 7) is 2.09. The molecule has 4 rings (SSSR count). The van der Waals surface area contributed by atoms with Crippen LogP contribution in [0.2, 0.25) is 5.02 Å². The third-order valence-corrected chi connectivity index (χ3v) is 5.56. The van der Waals surface area contributed by atoms with E-state index in [4.69, 9.17) is 27.3 Å². The van der Waals surface area contributed by atoms with Gasteiger partial charge in [0, 0.05) is 22.5 Å². The van der Waals surface area contributed by atoms with Crippen LogP contribution in [0.3, 0.4) is 0 Å². The van der Waals surface area contributed by atoms with Crippen molar-refractivity contribution in [3.05, 3.63) is 64.4 Å². The number of benzene rings is 2. The monoisotopic (exact) mass is 392 g/mol. The number of hydrogen-bond acceptors (Lipinski definition) is 4. The van der Waals surface area contributed by atoms with Gasteiger partial charge in [0.2, 0.25) is 0 Å². The third kappa shape index (κ3) is 4.34. The third-order valence-electron chi connectivity index (χ3n) is 5.30. The maximum absolute atomic E-state index is 6.36. The number of anilines is 1. The van der Waals surface area contributed by atoms with Gasteiger partial charge < -0.3 is 11.1 Å². The number of nitrogens with one attached hydrogen (secondary N) is 1. The van der Waals surface area contributed by atoms with Gasteiger partial charge in [-0.2, -0.15) is 0 Å². The van der Waals surface area contributed by atoms with Gasteiger partial charge in [-0.1, -0.05) is 54.3 Å². The van der Waals surface area contributed by atoms with Gasteiger partial charge in [-0.3, -0.25) is 0 Å². The molecule has 1 heterocycles. The Balaban J connectivity index is 1.69. The normalized spacial score (nSPS) is 20.0. The summed E-state index contributed by atoms with van der Waals surface area (Å²) in [7, 11) is 0. The number of nitrogens with zero attached hydrogens (tertiary/aromatic N) is 2. The molecule has 0 unspecified atom stereocenters. The van der Waals surface area contributed by atoms with Crippen molar-refractivity contribution in [1.29, 1.82) is 0 Å². The first-order chi connectivity index (χ1) is 13.6. The van der Waals surface area contributed by atoms with Crippen molar-refractivity contribution < 1.29 is 0 Å². The minimum absolute atomic E-state index is 0.164. The number of nitrogens with two attached hydrogens (primary N) is 1. The number of rotatable bonds is 4. The van der Waals surface area contributed by atoms with E-state index in [0.29, 0.717) is 5.82 Å². The van der Waals surface area contributed by atoms with Crippen LogP contribution in [0.25, 0.3) is 23.1 Å². The molecular formula is C23H25ClN4. The zero-order valence-electron chi connectivity index (χ0n) is 16.0. The van der Waals surface area contributed by atoms with E-state index < -0.39 is 0 Å². The first-order valence-electron chi connectivity index (χ1n) is 9.83. The van der Waals surface area contributed by atoms with Crippen LogP contribution in [0.4, 0.5) is 5.82 Å². The molecule has 1 saturated carbocycles. The van der Waals surface area contributed by atoms with Gasteiger partial charge >= 0.3 is 0 Å². The van der Waals surface area contributed by atoms with Crippen LogP contribution in [0, 0.1) is 6.92 Å². The minimum Gasteiger partial charge on any atom is -0.365 e. The van der Waals surface area contributed by atoms with Crippen molar-refractivity contribution in [2.24, 2.45) is 5.73 Å². The molecule has 1 aromatic heterocycles. The summed E-state index contributed by atoms with van der Waals surface area (Å²) in [4.78, 5) is 9.54. The Morgan fingerprint density at radius 2 is 1.82 bits per heavy atom. The minimum atomic E-state index is 0.164. The smallest absolute Gasteiger partial charge is 0.154 e. The first kappa shape index (κ1) is 18.9. The van der Waals surface area contributed by atoms with Gasteiger partial charge in [0.05, 0.1) is 5.52 Å². The van der Waals surface area contributed by atoms with Crippen molar-refractivity contribution in [1.82, 2.24) is 9.97 Å². The van der Waals surface area contributed by atoms with E-state index >= 15 is 0 Å². The number of aryl methyl sites for hydroxylation is 1. The Hall–Kier alpha value is -2.43. The van der Waals surface area contributed by atoms with E-state index in [9.17, 15) is 0 Å². The Kier molecular flexibility index (Phi) is 5.60. The molecule has 2 atom stereocenters. The molecule has 1 aliphatic carbocycles. The van der Waals surface area contributed by atoms with Crippen LogP contribution in [-0.2, 0) is 0 Å². The number of halogens is 1. The van der Waals surface area contributed by atoms with Crippen LogP contribution in [-0.4, -0.2) is 22.1 Å². The average molecular weight is 393 g/mol. The Morgan fingerprint density at radius 1 is 1.04 bits per heavy atom. The molecule has 2 aromatic carbocycles.